The largest absolute Gasteiger partial charge is 0.497 e. The summed E-state index contributed by atoms with van der Waals surface area (Å²) >= 11 is 0. The van der Waals surface area contributed by atoms with Gasteiger partial charge in [0.25, 0.3) is 0 Å². The Bertz CT molecular complexity index is 1090. The molecule has 0 bridgehead atoms. The lowest BCUT2D eigenvalue weighted by Crippen LogP contribution is -2.30. The van der Waals surface area contributed by atoms with Crippen LogP contribution in [0.4, 0.5) is 13.2 Å². The molecule has 3 rings (SSSR count). The third-order valence-corrected chi connectivity index (χ3v) is 4.78. The number of imidazole rings is 1. The van der Waals surface area contributed by atoms with Crippen LogP contribution < -0.4 is 14.8 Å². The van der Waals surface area contributed by atoms with E-state index in [1.165, 1.54) is 44.7 Å². The van der Waals surface area contributed by atoms with Crippen molar-refractivity contribution in [2.45, 2.75) is 12.2 Å². The number of halogens is 3. The molecule has 1 unspecified atom stereocenters. The number of ether oxygens (including phenoxy) is 2. The van der Waals surface area contributed by atoms with Crippen LogP contribution in [-0.4, -0.2) is 35.9 Å². The summed E-state index contributed by atoms with van der Waals surface area (Å²) in [7, 11) is 4.68. The molecular formula is C23H22F3N3O3. The minimum Gasteiger partial charge on any atom is -0.497 e. The normalized spacial score (nSPS) is 12.9. The number of nitrogens with one attached hydrogen (secondary N) is 1. The van der Waals surface area contributed by atoms with E-state index in [2.05, 4.69) is 10.3 Å². The summed E-state index contributed by atoms with van der Waals surface area (Å²) < 4.78 is 53.2. The quantitative estimate of drug-likeness (QED) is 0.551. The molecule has 1 heterocycles. The molecule has 0 saturated heterocycles. The van der Waals surface area contributed by atoms with Gasteiger partial charge >= 0.3 is 6.18 Å². The van der Waals surface area contributed by atoms with Crippen LogP contribution in [0.15, 0.2) is 67.0 Å². The summed E-state index contributed by atoms with van der Waals surface area (Å²) in [4.78, 5) is 17.1. The van der Waals surface area contributed by atoms with Gasteiger partial charge in [-0.1, -0.05) is 30.3 Å². The van der Waals surface area contributed by atoms with Crippen LogP contribution in [0.2, 0.25) is 0 Å². The average Bonchev–Trinajstić information content (AvgIpc) is 3.20. The second-order valence-corrected chi connectivity index (χ2v) is 6.91. The highest BCUT2D eigenvalue weighted by molar-refractivity contribution is 5.96. The Kier molecular flexibility index (Phi) is 6.87. The molecule has 0 aliphatic heterocycles. The Labute approximate surface area is 183 Å². The van der Waals surface area contributed by atoms with Crippen molar-refractivity contribution in [3.63, 3.8) is 0 Å². The average molecular weight is 445 g/mol. The SMILES string of the molecule is COc1cc(OC)cc(C(NC(=O)/C=C(/c2ccccc2)C(F)(F)F)c2nccn2C)c1. The number of aryl methyl sites for hydroxylation is 1. The van der Waals surface area contributed by atoms with Gasteiger partial charge in [0.1, 0.15) is 23.4 Å². The number of carbonyl (C=O) groups excluding carboxylic acids is 1. The molecule has 1 aromatic heterocycles. The van der Waals surface area contributed by atoms with E-state index in [0.717, 1.165) is 0 Å². The smallest absolute Gasteiger partial charge is 0.417 e. The van der Waals surface area contributed by atoms with Gasteiger partial charge in [0.15, 0.2) is 0 Å². The van der Waals surface area contributed by atoms with E-state index in [9.17, 15) is 18.0 Å². The van der Waals surface area contributed by atoms with Crippen LogP contribution in [0.1, 0.15) is 23.0 Å². The van der Waals surface area contributed by atoms with Crippen LogP contribution in [0.25, 0.3) is 5.57 Å². The summed E-state index contributed by atoms with van der Waals surface area (Å²) in [5.41, 5.74) is -0.616. The number of rotatable bonds is 7. The first kappa shape index (κ1) is 22.9. The highest BCUT2D eigenvalue weighted by Crippen LogP contribution is 2.34. The summed E-state index contributed by atoms with van der Waals surface area (Å²) in [6.45, 7) is 0. The van der Waals surface area contributed by atoms with Crippen molar-refractivity contribution in [2.24, 2.45) is 7.05 Å². The van der Waals surface area contributed by atoms with Crippen LogP contribution in [0, 0.1) is 0 Å². The van der Waals surface area contributed by atoms with E-state index in [1.54, 1.807) is 42.1 Å². The first-order chi connectivity index (χ1) is 15.2. The van der Waals surface area contributed by atoms with E-state index in [0.29, 0.717) is 29.0 Å². The number of benzene rings is 2. The molecule has 1 N–H and O–H groups in total. The number of hydrogen-bond acceptors (Lipinski definition) is 4. The predicted molar refractivity (Wildman–Crippen MR) is 113 cm³/mol. The highest BCUT2D eigenvalue weighted by Gasteiger charge is 2.35. The molecule has 32 heavy (non-hydrogen) atoms. The lowest BCUT2D eigenvalue weighted by atomic mass is 10.0. The Morgan fingerprint density at radius 3 is 2.22 bits per heavy atom. The molecule has 1 atom stereocenters. The summed E-state index contributed by atoms with van der Waals surface area (Å²) in [5.74, 6) is 0.429. The third kappa shape index (κ3) is 5.29. The fourth-order valence-corrected chi connectivity index (χ4v) is 3.21. The van der Waals surface area contributed by atoms with Gasteiger partial charge in [0.05, 0.1) is 19.8 Å². The van der Waals surface area contributed by atoms with Crippen LogP contribution in [0.5, 0.6) is 11.5 Å². The number of carbonyl (C=O) groups is 1. The standard InChI is InChI=1S/C23H22F3N3O3/c1-29-10-9-27-22(29)21(16-11-17(31-2)13-18(12-16)32-3)28-20(30)14-19(23(24,25)26)15-7-5-4-6-8-15/h4-14,21H,1-3H3,(H,28,30)/b19-14-. The number of amides is 1. The molecule has 3 aromatic rings. The van der Waals surface area contributed by atoms with E-state index in [-0.39, 0.29) is 5.56 Å². The van der Waals surface area contributed by atoms with Gasteiger partial charge < -0.3 is 19.4 Å². The van der Waals surface area contributed by atoms with Crippen molar-refractivity contribution in [3.8, 4) is 11.5 Å². The molecule has 6 nitrogen and oxygen atoms in total. The molecule has 0 fully saturated rings. The first-order valence-electron chi connectivity index (χ1n) is 9.58. The molecule has 0 spiro atoms. The zero-order valence-electron chi connectivity index (χ0n) is 17.7. The Balaban J connectivity index is 2.03. The van der Waals surface area contributed by atoms with E-state index < -0.39 is 23.7 Å². The number of alkyl halides is 3. The third-order valence-electron chi connectivity index (χ3n) is 4.78. The minimum atomic E-state index is -4.71. The lowest BCUT2D eigenvalue weighted by molar-refractivity contribution is -0.117. The molecule has 9 heteroatoms. The molecule has 0 aliphatic rings. The van der Waals surface area contributed by atoms with Crippen molar-refractivity contribution in [1.82, 2.24) is 14.9 Å². The molecule has 0 aliphatic carbocycles. The Hall–Kier alpha value is -3.75. The molecule has 0 saturated carbocycles. The maximum absolute atomic E-state index is 13.7. The van der Waals surface area contributed by atoms with Crippen molar-refractivity contribution < 1.29 is 27.4 Å². The van der Waals surface area contributed by atoms with Gasteiger partial charge in [0.2, 0.25) is 5.91 Å². The summed E-state index contributed by atoms with van der Waals surface area (Å²) in [5, 5.41) is 2.64. The fourth-order valence-electron chi connectivity index (χ4n) is 3.21. The number of allylic oxidation sites excluding steroid dienone is 1. The monoisotopic (exact) mass is 445 g/mol. The molecular weight excluding hydrogens is 423 g/mol. The Morgan fingerprint density at radius 2 is 1.72 bits per heavy atom. The number of aromatic nitrogens is 2. The van der Waals surface area contributed by atoms with Crippen LogP contribution in [0.3, 0.4) is 0 Å². The van der Waals surface area contributed by atoms with Gasteiger partial charge in [-0.15, -0.1) is 0 Å². The van der Waals surface area contributed by atoms with Gasteiger partial charge in [0, 0.05) is 31.6 Å². The molecule has 1 amide bonds. The van der Waals surface area contributed by atoms with Crippen molar-refractivity contribution in [2.75, 3.05) is 14.2 Å². The minimum absolute atomic E-state index is 0.105. The maximum atomic E-state index is 13.7. The van der Waals surface area contributed by atoms with Crippen molar-refractivity contribution in [1.29, 1.82) is 0 Å². The summed E-state index contributed by atoms with van der Waals surface area (Å²) in [6.07, 6.45) is -0.945. The maximum Gasteiger partial charge on any atom is 0.417 e. The van der Waals surface area contributed by atoms with Crippen LogP contribution in [-0.2, 0) is 11.8 Å². The van der Waals surface area contributed by atoms with Crippen molar-refractivity contribution >= 4 is 11.5 Å². The zero-order valence-corrected chi connectivity index (χ0v) is 17.7. The highest BCUT2D eigenvalue weighted by atomic mass is 19.4. The molecule has 0 radical (unpaired) electrons. The number of nitrogens with zero attached hydrogens (tertiary/aromatic N) is 2. The van der Waals surface area contributed by atoms with E-state index >= 15 is 0 Å². The van der Waals surface area contributed by atoms with Gasteiger partial charge in [-0.25, -0.2) is 4.98 Å². The summed E-state index contributed by atoms with van der Waals surface area (Å²) in [6, 6.07) is 11.3. The van der Waals surface area contributed by atoms with Gasteiger partial charge in [-0.2, -0.15) is 13.2 Å². The molecule has 168 valence electrons. The number of methoxy groups -OCH3 is 2. The zero-order chi connectivity index (χ0) is 23.3. The predicted octanol–water partition coefficient (Wildman–Crippen LogP) is 4.29. The number of hydrogen-bond donors (Lipinski definition) is 1. The second kappa shape index (κ2) is 9.59. The van der Waals surface area contributed by atoms with E-state index in [1.807, 2.05) is 0 Å². The lowest BCUT2D eigenvalue weighted by Gasteiger charge is -2.20. The van der Waals surface area contributed by atoms with Crippen molar-refractivity contribution in [3.05, 3.63) is 84.0 Å². The topological polar surface area (TPSA) is 65.4 Å². The van der Waals surface area contributed by atoms with Gasteiger partial charge in [-0.3, -0.25) is 4.79 Å². The van der Waals surface area contributed by atoms with E-state index in [4.69, 9.17) is 9.47 Å². The van der Waals surface area contributed by atoms with Crippen LogP contribution >= 0.6 is 0 Å². The first-order valence-corrected chi connectivity index (χ1v) is 9.58. The fraction of sp³-hybridized carbons (Fsp3) is 0.217. The van der Waals surface area contributed by atoms with Gasteiger partial charge in [-0.05, 0) is 23.3 Å². The second-order valence-electron chi connectivity index (χ2n) is 6.91. The molecule has 2 aromatic carbocycles. The Morgan fingerprint density at radius 1 is 1.09 bits per heavy atom.